The Labute approximate surface area is 199 Å². The summed E-state index contributed by atoms with van der Waals surface area (Å²) in [7, 11) is 0. The SMILES string of the molecule is C#CCC(NC(=O)OCC1c2ccccc2-c2ccccc21)C(=O)NC(CC(C)(C)C)C(=O)O. The number of hydrogen-bond donors (Lipinski definition) is 3. The highest BCUT2D eigenvalue weighted by molar-refractivity contribution is 5.89. The second kappa shape index (κ2) is 10.4. The first-order chi connectivity index (χ1) is 16.1. The Bertz CT molecular complexity index is 1070. The average molecular weight is 463 g/mol. The fourth-order valence-electron chi connectivity index (χ4n) is 4.19. The summed E-state index contributed by atoms with van der Waals surface area (Å²) in [6, 6.07) is 13.7. The molecule has 0 radical (unpaired) electrons. The molecule has 34 heavy (non-hydrogen) atoms. The van der Waals surface area contributed by atoms with Gasteiger partial charge in [-0.25, -0.2) is 9.59 Å². The average Bonchev–Trinajstić information content (AvgIpc) is 3.09. The molecular weight excluding hydrogens is 432 g/mol. The normalized spacial score (nSPS) is 14.2. The molecule has 0 bridgehead atoms. The molecule has 7 nitrogen and oxygen atoms in total. The number of fused-ring (bicyclic) bond motifs is 3. The molecule has 0 aromatic heterocycles. The van der Waals surface area contributed by atoms with E-state index in [1.54, 1.807) is 0 Å². The maximum atomic E-state index is 12.7. The third-order valence-corrected chi connectivity index (χ3v) is 5.71. The molecule has 3 N–H and O–H groups in total. The standard InChI is InChI=1S/C27H30N2O5/c1-5-10-22(24(30)28-23(25(31)32)15-27(2,3)4)29-26(33)34-16-21-19-13-8-6-11-17(19)18-12-7-9-14-20(18)21/h1,6-9,11-14,21-23H,10,15-16H2,2-4H3,(H,28,30)(H,29,33)(H,31,32). The van der Waals surface area contributed by atoms with E-state index >= 15 is 0 Å². The van der Waals surface area contributed by atoms with Crippen LogP contribution in [-0.4, -0.2) is 41.8 Å². The fourth-order valence-corrected chi connectivity index (χ4v) is 4.19. The molecule has 2 atom stereocenters. The van der Waals surface area contributed by atoms with Crippen molar-refractivity contribution in [3.05, 3.63) is 59.7 Å². The summed E-state index contributed by atoms with van der Waals surface area (Å²) >= 11 is 0. The quantitative estimate of drug-likeness (QED) is 0.516. The molecule has 0 aliphatic heterocycles. The first kappa shape index (κ1) is 24.8. The van der Waals surface area contributed by atoms with E-state index in [1.807, 2.05) is 69.3 Å². The van der Waals surface area contributed by atoms with E-state index in [-0.39, 0.29) is 30.8 Å². The third kappa shape index (κ3) is 5.96. The highest BCUT2D eigenvalue weighted by Crippen LogP contribution is 2.44. The molecule has 1 aliphatic carbocycles. The Morgan fingerprint density at radius 1 is 1.00 bits per heavy atom. The Hall–Kier alpha value is -3.79. The fraction of sp³-hybridized carbons (Fsp3) is 0.370. The third-order valence-electron chi connectivity index (χ3n) is 5.71. The minimum atomic E-state index is -1.15. The van der Waals surface area contributed by atoms with Crippen LogP contribution in [0.15, 0.2) is 48.5 Å². The molecule has 2 unspecified atom stereocenters. The summed E-state index contributed by atoms with van der Waals surface area (Å²) < 4.78 is 5.48. The van der Waals surface area contributed by atoms with E-state index in [9.17, 15) is 19.5 Å². The predicted molar refractivity (Wildman–Crippen MR) is 129 cm³/mol. The van der Waals surface area contributed by atoms with Crippen LogP contribution in [0.3, 0.4) is 0 Å². The molecule has 3 rings (SSSR count). The molecule has 0 saturated heterocycles. The molecule has 2 aromatic rings. The van der Waals surface area contributed by atoms with Crippen LogP contribution in [0.2, 0.25) is 0 Å². The van der Waals surface area contributed by atoms with Crippen molar-refractivity contribution in [2.24, 2.45) is 5.41 Å². The first-order valence-corrected chi connectivity index (χ1v) is 11.2. The van der Waals surface area contributed by atoms with E-state index < -0.39 is 30.1 Å². The number of rotatable bonds is 8. The lowest BCUT2D eigenvalue weighted by Gasteiger charge is -2.25. The van der Waals surface area contributed by atoms with Gasteiger partial charge in [-0.05, 0) is 34.1 Å². The minimum Gasteiger partial charge on any atom is -0.480 e. The van der Waals surface area contributed by atoms with E-state index in [4.69, 9.17) is 11.2 Å². The molecule has 178 valence electrons. The second-order valence-electron chi connectivity index (χ2n) is 9.59. The summed E-state index contributed by atoms with van der Waals surface area (Å²) in [4.78, 5) is 36.9. The number of carbonyl (C=O) groups is 3. The minimum absolute atomic E-state index is 0.0893. The molecule has 0 saturated carbocycles. The van der Waals surface area contributed by atoms with Gasteiger partial charge in [-0.2, -0.15) is 0 Å². The van der Waals surface area contributed by atoms with Gasteiger partial charge in [-0.15, -0.1) is 12.3 Å². The maximum Gasteiger partial charge on any atom is 0.407 e. The molecule has 2 aromatic carbocycles. The van der Waals surface area contributed by atoms with E-state index in [2.05, 4.69) is 16.6 Å². The number of terminal acetylenes is 1. The number of aliphatic carboxylic acids is 1. The van der Waals surface area contributed by atoms with Gasteiger partial charge in [0, 0.05) is 12.3 Å². The number of carboxylic acids is 1. The van der Waals surface area contributed by atoms with Crippen LogP contribution in [-0.2, 0) is 14.3 Å². The van der Waals surface area contributed by atoms with Crippen molar-refractivity contribution in [1.29, 1.82) is 0 Å². The number of carboxylic acid groups (broad SMARTS) is 1. The van der Waals surface area contributed by atoms with E-state index in [1.165, 1.54) is 0 Å². The topological polar surface area (TPSA) is 105 Å². The lowest BCUT2D eigenvalue weighted by molar-refractivity contribution is -0.143. The second-order valence-corrected chi connectivity index (χ2v) is 9.59. The van der Waals surface area contributed by atoms with Crippen molar-refractivity contribution >= 4 is 18.0 Å². The van der Waals surface area contributed by atoms with E-state index in [0.717, 1.165) is 22.3 Å². The van der Waals surface area contributed by atoms with Gasteiger partial charge in [0.1, 0.15) is 18.7 Å². The summed E-state index contributed by atoms with van der Waals surface area (Å²) in [5, 5.41) is 14.4. The lowest BCUT2D eigenvalue weighted by Crippen LogP contribution is -2.52. The van der Waals surface area contributed by atoms with Crippen molar-refractivity contribution in [2.75, 3.05) is 6.61 Å². The number of alkyl carbamates (subject to hydrolysis) is 1. The largest absolute Gasteiger partial charge is 0.480 e. The van der Waals surface area contributed by atoms with Crippen LogP contribution in [0.25, 0.3) is 11.1 Å². The molecule has 0 heterocycles. The highest BCUT2D eigenvalue weighted by atomic mass is 16.5. The van der Waals surface area contributed by atoms with Gasteiger partial charge >= 0.3 is 12.1 Å². The van der Waals surface area contributed by atoms with Crippen LogP contribution in [0, 0.1) is 17.8 Å². The lowest BCUT2D eigenvalue weighted by atomic mass is 9.88. The highest BCUT2D eigenvalue weighted by Gasteiger charge is 2.31. The predicted octanol–water partition coefficient (Wildman–Crippen LogP) is 3.92. The Morgan fingerprint density at radius 2 is 1.56 bits per heavy atom. The zero-order valence-electron chi connectivity index (χ0n) is 19.6. The Balaban J connectivity index is 1.65. The number of nitrogens with one attached hydrogen (secondary N) is 2. The van der Waals surface area contributed by atoms with Crippen molar-refractivity contribution in [2.45, 2.75) is 51.6 Å². The smallest absolute Gasteiger partial charge is 0.407 e. The molecule has 7 heteroatoms. The molecule has 0 fully saturated rings. The molecule has 1 aliphatic rings. The van der Waals surface area contributed by atoms with Crippen LogP contribution in [0.1, 0.15) is 50.7 Å². The summed E-state index contributed by atoms with van der Waals surface area (Å²) in [6.45, 7) is 5.72. The van der Waals surface area contributed by atoms with Crippen molar-refractivity contribution < 1.29 is 24.2 Å². The van der Waals surface area contributed by atoms with Crippen molar-refractivity contribution in [3.8, 4) is 23.5 Å². The Kier molecular flexibility index (Phi) is 7.62. The first-order valence-electron chi connectivity index (χ1n) is 11.2. The summed E-state index contributed by atoms with van der Waals surface area (Å²) in [5.41, 5.74) is 4.03. The number of amides is 2. The van der Waals surface area contributed by atoms with Gasteiger partial charge in [0.05, 0.1) is 0 Å². The zero-order valence-corrected chi connectivity index (χ0v) is 19.6. The van der Waals surface area contributed by atoms with Crippen molar-refractivity contribution in [1.82, 2.24) is 10.6 Å². The van der Waals surface area contributed by atoms with Crippen LogP contribution in [0.4, 0.5) is 4.79 Å². The van der Waals surface area contributed by atoms with Crippen LogP contribution < -0.4 is 10.6 Å². The van der Waals surface area contributed by atoms with Gasteiger partial charge < -0.3 is 20.5 Å². The molecule has 0 spiro atoms. The van der Waals surface area contributed by atoms with Gasteiger partial charge in [-0.3, -0.25) is 4.79 Å². The van der Waals surface area contributed by atoms with Gasteiger partial charge in [-0.1, -0.05) is 69.3 Å². The number of carbonyl (C=O) groups excluding carboxylic acids is 2. The maximum absolute atomic E-state index is 12.7. The summed E-state index contributed by atoms with van der Waals surface area (Å²) in [6.07, 6.45) is 4.71. The number of ether oxygens (including phenoxy) is 1. The van der Waals surface area contributed by atoms with Crippen LogP contribution >= 0.6 is 0 Å². The van der Waals surface area contributed by atoms with Gasteiger partial charge in [0.15, 0.2) is 0 Å². The van der Waals surface area contributed by atoms with Crippen molar-refractivity contribution in [3.63, 3.8) is 0 Å². The summed E-state index contributed by atoms with van der Waals surface area (Å²) in [5.74, 6) is 0.413. The van der Waals surface area contributed by atoms with Gasteiger partial charge in [0.25, 0.3) is 0 Å². The van der Waals surface area contributed by atoms with E-state index in [0.29, 0.717) is 0 Å². The van der Waals surface area contributed by atoms with Gasteiger partial charge in [0.2, 0.25) is 5.91 Å². The molecular formula is C27H30N2O5. The number of benzene rings is 2. The monoisotopic (exact) mass is 462 g/mol. The Morgan fingerprint density at radius 3 is 2.06 bits per heavy atom. The zero-order chi connectivity index (χ0) is 24.9. The molecule has 2 amide bonds. The van der Waals surface area contributed by atoms with Crippen LogP contribution in [0.5, 0.6) is 0 Å². The number of hydrogen-bond acceptors (Lipinski definition) is 4.